The van der Waals surface area contributed by atoms with Crippen molar-refractivity contribution in [3.63, 3.8) is 0 Å². The molecular formula is C20H30N2O4. The monoisotopic (exact) mass is 362 g/mol. The summed E-state index contributed by atoms with van der Waals surface area (Å²) in [6, 6.07) is 5.93. The van der Waals surface area contributed by atoms with Crippen LogP contribution in [0.4, 0.5) is 0 Å². The maximum Gasteiger partial charge on any atom is 0.225 e. The molecule has 0 saturated carbocycles. The Bertz CT molecular complexity index is 647. The lowest BCUT2D eigenvalue weighted by Gasteiger charge is -2.37. The Hall–Kier alpha value is -2.24. The van der Waals surface area contributed by atoms with Gasteiger partial charge in [-0.15, -0.1) is 0 Å². The van der Waals surface area contributed by atoms with E-state index in [2.05, 4.69) is 5.32 Å². The number of rotatable bonds is 6. The molecule has 1 N–H and O–H groups in total. The first-order valence-corrected chi connectivity index (χ1v) is 9.17. The van der Waals surface area contributed by atoms with Crippen LogP contribution in [-0.2, 0) is 9.59 Å². The average Bonchev–Trinajstić information content (AvgIpc) is 2.66. The number of carbonyl (C=O) groups is 2. The number of hydrogen-bond donors (Lipinski definition) is 1. The van der Waals surface area contributed by atoms with Gasteiger partial charge in [0.05, 0.1) is 20.1 Å². The van der Waals surface area contributed by atoms with Crippen LogP contribution in [0.2, 0.25) is 0 Å². The highest BCUT2D eigenvalue weighted by atomic mass is 16.5. The van der Waals surface area contributed by atoms with E-state index in [1.165, 1.54) is 0 Å². The van der Waals surface area contributed by atoms with Crippen LogP contribution in [0.1, 0.15) is 45.1 Å². The van der Waals surface area contributed by atoms with Gasteiger partial charge in [0, 0.05) is 32.0 Å². The third kappa shape index (κ3) is 4.68. The molecule has 144 valence electrons. The fraction of sp³-hybridized carbons (Fsp3) is 0.600. The lowest BCUT2D eigenvalue weighted by molar-refractivity contribution is -0.134. The Labute approximate surface area is 155 Å². The van der Waals surface area contributed by atoms with Gasteiger partial charge in [-0.1, -0.05) is 13.0 Å². The number of amides is 2. The summed E-state index contributed by atoms with van der Waals surface area (Å²) in [6.07, 6.45) is 1.59. The van der Waals surface area contributed by atoms with Crippen molar-refractivity contribution < 1.29 is 19.1 Å². The van der Waals surface area contributed by atoms with Crippen molar-refractivity contribution in [1.82, 2.24) is 10.2 Å². The van der Waals surface area contributed by atoms with Gasteiger partial charge < -0.3 is 19.7 Å². The second kappa shape index (κ2) is 8.92. The molecule has 0 spiro atoms. The van der Waals surface area contributed by atoms with Crippen LogP contribution in [0.5, 0.6) is 11.5 Å². The van der Waals surface area contributed by atoms with Crippen molar-refractivity contribution in [2.24, 2.45) is 5.92 Å². The fourth-order valence-electron chi connectivity index (χ4n) is 3.36. The van der Waals surface area contributed by atoms with E-state index in [9.17, 15) is 9.59 Å². The first-order chi connectivity index (χ1) is 12.4. The maximum absolute atomic E-state index is 12.6. The highest BCUT2D eigenvalue weighted by Crippen LogP contribution is 2.35. The molecule has 0 bridgehead atoms. The van der Waals surface area contributed by atoms with Gasteiger partial charge >= 0.3 is 0 Å². The van der Waals surface area contributed by atoms with E-state index >= 15 is 0 Å². The number of nitrogens with one attached hydrogen (secondary N) is 1. The minimum absolute atomic E-state index is 0.00323. The van der Waals surface area contributed by atoms with Crippen molar-refractivity contribution in [2.75, 3.05) is 27.3 Å². The molecule has 1 aliphatic heterocycles. The van der Waals surface area contributed by atoms with Gasteiger partial charge in [-0.05, 0) is 37.5 Å². The van der Waals surface area contributed by atoms with Crippen LogP contribution >= 0.6 is 0 Å². The van der Waals surface area contributed by atoms with Crippen molar-refractivity contribution >= 4 is 11.8 Å². The highest BCUT2D eigenvalue weighted by molar-refractivity contribution is 5.81. The molecule has 2 rings (SSSR count). The van der Waals surface area contributed by atoms with Crippen LogP contribution < -0.4 is 14.8 Å². The largest absolute Gasteiger partial charge is 0.493 e. The van der Waals surface area contributed by atoms with Gasteiger partial charge in [-0.3, -0.25) is 9.59 Å². The molecule has 6 nitrogen and oxygen atoms in total. The number of hydrogen-bond acceptors (Lipinski definition) is 4. The summed E-state index contributed by atoms with van der Waals surface area (Å²) in [4.78, 5) is 26.4. The van der Waals surface area contributed by atoms with E-state index in [1.807, 2.05) is 32.0 Å². The molecule has 0 radical (unpaired) electrons. The van der Waals surface area contributed by atoms with Crippen LogP contribution in [0.3, 0.4) is 0 Å². The molecule has 1 fully saturated rings. The number of benzene rings is 1. The lowest BCUT2D eigenvalue weighted by atomic mass is 9.83. The van der Waals surface area contributed by atoms with Crippen LogP contribution in [0.25, 0.3) is 0 Å². The standard InChI is InChI=1S/C20H30N2O4/c1-6-13(2)21-20(24)17-9-16(11-22(12-17)14(3)23)15-7-8-18(25-4)19(10-15)26-5/h7-8,10,13,16-17H,6,9,11-12H2,1-5H3,(H,21,24). The van der Waals surface area contributed by atoms with Gasteiger partial charge in [0.15, 0.2) is 11.5 Å². The molecule has 1 aromatic rings. The van der Waals surface area contributed by atoms with Gasteiger partial charge in [0.2, 0.25) is 11.8 Å². The summed E-state index contributed by atoms with van der Waals surface area (Å²) < 4.78 is 10.7. The summed E-state index contributed by atoms with van der Waals surface area (Å²) in [5.74, 6) is 1.22. The quantitative estimate of drug-likeness (QED) is 0.845. The molecule has 1 aliphatic rings. The minimum atomic E-state index is -0.209. The Balaban J connectivity index is 2.24. The van der Waals surface area contributed by atoms with Crippen LogP contribution in [0, 0.1) is 5.92 Å². The van der Waals surface area contributed by atoms with Crippen LogP contribution in [0.15, 0.2) is 18.2 Å². The Morgan fingerprint density at radius 2 is 1.92 bits per heavy atom. The zero-order chi connectivity index (χ0) is 19.3. The van der Waals surface area contributed by atoms with E-state index in [0.717, 1.165) is 12.0 Å². The third-order valence-corrected chi connectivity index (χ3v) is 5.15. The molecule has 26 heavy (non-hydrogen) atoms. The van der Waals surface area contributed by atoms with Gasteiger partial charge in [-0.25, -0.2) is 0 Å². The molecule has 3 atom stereocenters. The van der Waals surface area contributed by atoms with E-state index in [1.54, 1.807) is 26.0 Å². The summed E-state index contributed by atoms with van der Waals surface area (Å²) in [5, 5.41) is 3.05. The first kappa shape index (κ1) is 20.1. The topological polar surface area (TPSA) is 67.9 Å². The van der Waals surface area contributed by atoms with E-state index in [-0.39, 0.29) is 29.7 Å². The highest BCUT2D eigenvalue weighted by Gasteiger charge is 2.34. The number of ether oxygens (including phenoxy) is 2. The molecule has 1 heterocycles. The summed E-state index contributed by atoms with van der Waals surface area (Å²) >= 11 is 0. The normalized spacial score (nSPS) is 21.0. The zero-order valence-electron chi connectivity index (χ0n) is 16.4. The van der Waals surface area contributed by atoms with Gasteiger partial charge in [-0.2, -0.15) is 0 Å². The van der Waals surface area contributed by atoms with Crippen molar-refractivity contribution in [1.29, 1.82) is 0 Å². The maximum atomic E-state index is 12.6. The van der Waals surface area contributed by atoms with Crippen molar-refractivity contribution in [2.45, 2.75) is 45.6 Å². The van der Waals surface area contributed by atoms with Gasteiger partial charge in [0.1, 0.15) is 0 Å². The SMILES string of the molecule is CCC(C)NC(=O)C1CC(c2ccc(OC)c(OC)c2)CN(C(C)=O)C1. The molecule has 3 unspecified atom stereocenters. The molecule has 6 heteroatoms. The number of piperidine rings is 1. The van der Waals surface area contributed by atoms with E-state index < -0.39 is 0 Å². The summed E-state index contributed by atoms with van der Waals surface area (Å²) in [7, 11) is 3.21. The number of likely N-dealkylation sites (tertiary alicyclic amines) is 1. The molecule has 1 aromatic carbocycles. The fourth-order valence-corrected chi connectivity index (χ4v) is 3.36. The lowest BCUT2D eigenvalue weighted by Crippen LogP contribution is -2.48. The predicted molar refractivity (Wildman–Crippen MR) is 101 cm³/mol. The zero-order valence-corrected chi connectivity index (χ0v) is 16.4. The van der Waals surface area contributed by atoms with Crippen LogP contribution in [-0.4, -0.2) is 50.1 Å². The summed E-state index contributed by atoms with van der Waals surface area (Å²) in [6.45, 7) is 6.68. The Kier molecular flexibility index (Phi) is 6.89. The number of nitrogens with zero attached hydrogens (tertiary/aromatic N) is 1. The molecular weight excluding hydrogens is 332 g/mol. The second-order valence-electron chi connectivity index (χ2n) is 6.99. The smallest absolute Gasteiger partial charge is 0.225 e. The minimum Gasteiger partial charge on any atom is -0.493 e. The van der Waals surface area contributed by atoms with Gasteiger partial charge in [0.25, 0.3) is 0 Å². The summed E-state index contributed by atoms with van der Waals surface area (Å²) in [5.41, 5.74) is 1.05. The van der Waals surface area contributed by atoms with Crippen molar-refractivity contribution in [3.8, 4) is 11.5 Å². The molecule has 0 aliphatic carbocycles. The Morgan fingerprint density at radius 1 is 1.23 bits per heavy atom. The first-order valence-electron chi connectivity index (χ1n) is 9.17. The average molecular weight is 362 g/mol. The van der Waals surface area contributed by atoms with E-state index in [0.29, 0.717) is 31.0 Å². The second-order valence-corrected chi connectivity index (χ2v) is 6.99. The van der Waals surface area contributed by atoms with E-state index in [4.69, 9.17) is 9.47 Å². The molecule has 0 aromatic heterocycles. The Morgan fingerprint density at radius 3 is 2.50 bits per heavy atom. The third-order valence-electron chi connectivity index (χ3n) is 5.15. The van der Waals surface area contributed by atoms with Crippen molar-refractivity contribution in [3.05, 3.63) is 23.8 Å². The molecule has 2 amide bonds. The number of carbonyl (C=O) groups excluding carboxylic acids is 2. The molecule has 1 saturated heterocycles. The predicted octanol–water partition coefficient (Wildman–Crippen LogP) is 2.57. The number of methoxy groups -OCH3 is 2.